The first kappa shape index (κ1) is 8.53. The molecule has 0 atom stereocenters. The van der Waals surface area contributed by atoms with Crippen molar-refractivity contribution >= 4 is 17.2 Å². The van der Waals surface area contributed by atoms with E-state index in [9.17, 15) is 0 Å². The van der Waals surface area contributed by atoms with Crippen molar-refractivity contribution in [2.75, 3.05) is 6.54 Å². The lowest BCUT2D eigenvalue weighted by Gasteiger charge is -1.90. The fraction of sp³-hybridized carbons (Fsp3) is 0.222. The van der Waals surface area contributed by atoms with E-state index >= 15 is 0 Å². The van der Waals surface area contributed by atoms with Crippen LogP contribution in [0.2, 0.25) is 5.02 Å². The fourth-order valence-electron chi connectivity index (χ4n) is 1.28. The molecule has 0 fully saturated rings. The lowest BCUT2D eigenvalue weighted by atomic mass is 10.3. The summed E-state index contributed by atoms with van der Waals surface area (Å²) in [4.78, 5) is 4.36. The van der Waals surface area contributed by atoms with E-state index in [1.54, 1.807) is 0 Å². The normalized spacial score (nSPS) is 10.9. The molecule has 0 saturated heterocycles. The van der Waals surface area contributed by atoms with Crippen LogP contribution < -0.4 is 5.73 Å². The summed E-state index contributed by atoms with van der Waals surface area (Å²) >= 11 is 5.83. The molecule has 3 nitrogen and oxygen atoms in total. The first-order valence-electron chi connectivity index (χ1n) is 4.13. The van der Waals surface area contributed by atoms with Gasteiger partial charge in [0, 0.05) is 23.8 Å². The third kappa shape index (κ3) is 1.66. The topological polar surface area (TPSA) is 43.3 Å². The highest BCUT2D eigenvalue weighted by Crippen LogP contribution is 2.12. The fourth-order valence-corrected chi connectivity index (χ4v) is 1.43. The maximum Gasteiger partial charge on any atom is 0.138 e. The smallest absolute Gasteiger partial charge is 0.138 e. The number of pyridine rings is 1. The van der Waals surface area contributed by atoms with Gasteiger partial charge in [0.2, 0.25) is 0 Å². The van der Waals surface area contributed by atoms with E-state index in [1.165, 1.54) is 0 Å². The Morgan fingerprint density at radius 1 is 1.54 bits per heavy atom. The van der Waals surface area contributed by atoms with Crippen molar-refractivity contribution in [3.8, 4) is 0 Å². The summed E-state index contributed by atoms with van der Waals surface area (Å²) in [5.41, 5.74) is 7.31. The number of hydrogen-bond donors (Lipinski definition) is 1. The molecule has 2 heterocycles. The Hall–Kier alpha value is -1.06. The molecule has 68 valence electrons. The minimum Gasteiger partial charge on any atom is -0.330 e. The number of nitrogens with zero attached hydrogens (tertiary/aromatic N) is 2. The van der Waals surface area contributed by atoms with Gasteiger partial charge in [0.05, 0.1) is 5.69 Å². The molecule has 0 saturated carbocycles. The maximum atomic E-state index is 5.83. The molecule has 2 aromatic heterocycles. The SMILES string of the molecule is NCCc1cn2ccc(Cl)cc2n1. The van der Waals surface area contributed by atoms with Gasteiger partial charge in [-0.3, -0.25) is 0 Å². The number of rotatable bonds is 2. The molecule has 0 radical (unpaired) electrons. The lowest BCUT2D eigenvalue weighted by Crippen LogP contribution is -2.02. The molecule has 0 bridgehead atoms. The van der Waals surface area contributed by atoms with Crippen LogP contribution in [0.4, 0.5) is 0 Å². The highest BCUT2D eigenvalue weighted by molar-refractivity contribution is 6.30. The Morgan fingerprint density at radius 2 is 2.38 bits per heavy atom. The minimum atomic E-state index is 0.623. The Labute approximate surface area is 81.1 Å². The molecule has 4 heteroatoms. The first-order valence-corrected chi connectivity index (χ1v) is 4.50. The summed E-state index contributed by atoms with van der Waals surface area (Å²) in [5, 5.41) is 0.706. The Balaban J connectivity index is 2.49. The van der Waals surface area contributed by atoms with Crippen LogP contribution in [0.25, 0.3) is 5.65 Å². The van der Waals surface area contributed by atoms with Gasteiger partial charge in [-0.05, 0) is 18.7 Å². The maximum absolute atomic E-state index is 5.83. The summed E-state index contributed by atoms with van der Waals surface area (Å²) in [5.74, 6) is 0. The quantitative estimate of drug-likeness (QED) is 0.789. The minimum absolute atomic E-state index is 0.623. The lowest BCUT2D eigenvalue weighted by molar-refractivity contribution is 0.937. The summed E-state index contributed by atoms with van der Waals surface area (Å²) in [7, 11) is 0. The molecule has 0 aliphatic carbocycles. The molecule has 0 aliphatic heterocycles. The largest absolute Gasteiger partial charge is 0.330 e. The van der Waals surface area contributed by atoms with Crippen LogP contribution in [0, 0.1) is 0 Å². The number of aromatic nitrogens is 2. The summed E-state index contributed by atoms with van der Waals surface area (Å²) < 4.78 is 1.94. The van der Waals surface area contributed by atoms with Crippen LogP contribution in [-0.2, 0) is 6.42 Å². The second-order valence-electron chi connectivity index (χ2n) is 2.88. The van der Waals surface area contributed by atoms with E-state index in [0.717, 1.165) is 17.8 Å². The third-order valence-corrected chi connectivity index (χ3v) is 2.11. The molecule has 0 amide bonds. The summed E-state index contributed by atoms with van der Waals surface area (Å²) in [6.45, 7) is 0.623. The number of imidazole rings is 1. The van der Waals surface area contributed by atoms with E-state index in [4.69, 9.17) is 17.3 Å². The van der Waals surface area contributed by atoms with Gasteiger partial charge in [-0.2, -0.15) is 0 Å². The van der Waals surface area contributed by atoms with Crippen molar-refractivity contribution in [1.82, 2.24) is 9.38 Å². The van der Waals surface area contributed by atoms with Crippen molar-refractivity contribution in [2.45, 2.75) is 6.42 Å². The second kappa shape index (κ2) is 3.36. The zero-order chi connectivity index (χ0) is 9.26. The summed E-state index contributed by atoms with van der Waals surface area (Å²) in [6, 6.07) is 3.67. The van der Waals surface area contributed by atoms with Crippen molar-refractivity contribution in [3.05, 3.63) is 35.2 Å². The summed E-state index contributed by atoms with van der Waals surface area (Å²) in [6.07, 6.45) is 4.67. The van der Waals surface area contributed by atoms with Crippen LogP contribution in [0.5, 0.6) is 0 Å². The molecule has 0 unspecified atom stereocenters. The number of fused-ring (bicyclic) bond motifs is 1. The predicted octanol–water partition coefficient (Wildman–Crippen LogP) is 1.49. The Bertz CT molecular complexity index is 422. The van der Waals surface area contributed by atoms with Crippen LogP contribution in [0.1, 0.15) is 5.69 Å². The molecule has 0 aromatic carbocycles. The predicted molar refractivity (Wildman–Crippen MR) is 53.0 cm³/mol. The Morgan fingerprint density at radius 3 is 3.15 bits per heavy atom. The first-order chi connectivity index (χ1) is 6.29. The molecule has 2 rings (SSSR count). The van der Waals surface area contributed by atoms with Crippen LogP contribution in [0.3, 0.4) is 0 Å². The van der Waals surface area contributed by atoms with E-state index in [1.807, 2.05) is 28.9 Å². The molecule has 0 aliphatic rings. The van der Waals surface area contributed by atoms with Gasteiger partial charge in [-0.15, -0.1) is 0 Å². The van der Waals surface area contributed by atoms with Gasteiger partial charge in [0.1, 0.15) is 5.65 Å². The van der Waals surface area contributed by atoms with E-state index < -0.39 is 0 Å². The van der Waals surface area contributed by atoms with E-state index in [2.05, 4.69) is 4.98 Å². The van der Waals surface area contributed by atoms with Gasteiger partial charge in [0.25, 0.3) is 0 Å². The van der Waals surface area contributed by atoms with Crippen LogP contribution in [0.15, 0.2) is 24.5 Å². The zero-order valence-corrected chi connectivity index (χ0v) is 7.83. The van der Waals surface area contributed by atoms with E-state index in [-0.39, 0.29) is 0 Å². The van der Waals surface area contributed by atoms with Gasteiger partial charge in [-0.1, -0.05) is 11.6 Å². The van der Waals surface area contributed by atoms with Crippen molar-refractivity contribution in [1.29, 1.82) is 0 Å². The average Bonchev–Trinajstić information content (AvgIpc) is 2.46. The standard InChI is InChI=1S/C9H10ClN3/c10-7-2-4-13-6-8(1-3-11)12-9(13)5-7/h2,4-6H,1,3,11H2. The molecule has 13 heavy (non-hydrogen) atoms. The van der Waals surface area contributed by atoms with Crippen molar-refractivity contribution in [3.63, 3.8) is 0 Å². The number of halogens is 1. The van der Waals surface area contributed by atoms with Crippen molar-refractivity contribution < 1.29 is 0 Å². The molecule has 2 aromatic rings. The van der Waals surface area contributed by atoms with Crippen LogP contribution in [-0.4, -0.2) is 15.9 Å². The van der Waals surface area contributed by atoms with Crippen LogP contribution >= 0.6 is 11.6 Å². The number of nitrogens with two attached hydrogens (primary N) is 1. The van der Waals surface area contributed by atoms with Gasteiger partial charge >= 0.3 is 0 Å². The monoisotopic (exact) mass is 195 g/mol. The third-order valence-electron chi connectivity index (χ3n) is 1.87. The van der Waals surface area contributed by atoms with Gasteiger partial charge < -0.3 is 10.1 Å². The molecule has 2 N–H and O–H groups in total. The molecular weight excluding hydrogens is 186 g/mol. The number of hydrogen-bond acceptors (Lipinski definition) is 2. The zero-order valence-electron chi connectivity index (χ0n) is 7.07. The highest BCUT2D eigenvalue weighted by Gasteiger charge is 2.00. The van der Waals surface area contributed by atoms with Gasteiger partial charge in [0.15, 0.2) is 0 Å². The van der Waals surface area contributed by atoms with E-state index in [0.29, 0.717) is 11.6 Å². The molecule has 0 spiro atoms. The van der Waals surface area contributed by atoms with Gasteiger partial charge in [-0.25, -0.2) is 4.98 Å². The second-order valence-corrected chi connectivity index (χ2v) is 3.32. The Kier molecular flexibility index (Phi) is 2.20. The highest BCUT2D eigenvalue weighted by atomic mass is 35.5. The average molecular weight is 196 g/mol. The van der Waals surface area contributed by atoms with Crippen molar-refractivity contribution in [2.24, 2.45) is 5.73 Å². The molecular formula is C9H10ClN3.